The van der Waals surface area contributed by atoms with Crippen LogP contribution in [0.2, 0.25) is 0 Å². The Morgan fingerprint density at radius 3 is 2.43 bits per heavy atom. The number of nitrogens with zero attached hydrogens (tertiary/aromatic N) is 1. The van der Waals surface area contributed by atoms with E-state index in [1.807, 2.05) is 19.1 Å². The van der Waals surface area contributed by atoms with Gasteiger partial charge in [-0.25, -0.2) is 13.4 Å². The standard InChI is InChI=1S/C21H24N4O4S/c1-15-3-9-19(10-4-15)30(27,28)25-20(11-17-13-22-14-24-17)21(26)23-12-16-5-7-18(29-2)8-6-16/h3-10,13-14,20,25H,11-12H2,1-2H3,(H,22,24)(H,23,26). The van der Waals surface area contributed by atoms with Gasteiger partial charge in [0.25, 0.3) is 0 Å². The molecule has 3 N–H and O–H groups in total. The summed E-state index contributed by atoms with van der Waals surface area (Å²) in [5.41, 5.74) is 2.46. The second-order valence-corrected chi connectivity index (χ2v) is 8.55. The van der Waals surface area contributed by atoms with Gasteiger partial charge in [0.2, 0.25) is 15.9 Å². The quantitative estimate of drug-likeness (QED) is 0.482. The molecule has 0 bridgehead atoms. The van der Waals surface area contributed by atoms with Crippen LogP contribution in [0.4, 0.5) is 0 Å². The predicted molar refractivity (Wildman–Crippen MR) is 112 cm³/mol. The summed E-state index contributed by atoms with van der Waals surface area (Å²) in [6.45, 7) is 2.13. The number of sulfonamides is 1. The summed E-state index contributed by atoms with van der Waals surface area (Å²) >= 11 is 0. The van der Waals surface area contributed by atoms with Gasteiger partial charge in [-0.05, 0) is 36.8 Å². The Morgan fingerprint density at radius 2 is 1.83 bits per heavy atom. The second kappa shape index (κ2) is 9.55. The molecule has 8 nitrogen and oxygen atoms in total. The number of carbonyl (C=O) groups is 1. The first-order valence-corrected chi connectivity index (χ1v) is 10.8. The molecule has 2 aromatic carbocycles. The summed E-state index contributed by atoms with van der Waals surface area (Å²) in [6.07, 6.45) is 3.18. The average Bonchev–Trinajstić information content (AvgIpc) is 3.25. The summed E-state index contributed by atoms with van der Waals surface area (Å²) in [5.74, 6) is 0.282. The predicted octanol–water partition coefficient (Wildman–Crippen LogP) is 1.93. The molecule has 0 saturated heterocycles. The molecule has 30 heavy (non-hydrogen) atoms. The number of aromatic nitrogens is 2. The minimum atomic E-state index is -3.88. The minimum absolute atomic E-state index is 0.102. The van der Waals surface area contributed by atoms with Gasteiger partial charge in [-0.1, -0.05) is 29.8 Å². The van der Waals surface area contributed by atoms with E-state index in [0.29, 0.717) is 11.4 Å². The second-order valence-electron chi connectivity index (χ2n) is 6.83. The molecule has 0 aliphatic carbocycles. The number of amides is 1. The van der Waals surface area contributed by atoms with Crippen LogP contribution in [0, 0.1) is 6.92 Å². The SMILES string of the molecule is COc1ccc(CNC(=O)C(Cc2cnc[nH]2)NS(=O)(=O)c2ccc(C)cc2)cc1. The van der Waals surface area contributed by atoms with Gasteiger partial charge in [0, 0.05) is 24.9 Å². The first-order valence-electron chi connectivity index (χ1n) is 9.34. The van der Waals surface area contributed by atoms with Crippen LogP contribution in [0.25, 0.3) is 0 Å². The van der Waals surface area contributed by atoms with Crippen molar-refractivity contribution in [3.63, 3.8) is 0 Å². The van der Waals surface area contributed by atoms with Gasteiger partial charge < -0.3 is 15.0 Å². The van der Waals surface area contributed by atoms with Crippen LogP contribution in [0.5, 0.6) is 5.75 Å². The summed E-state index contributed by atoms with van der Waals surface area (Å²) < 4.78 is 33.2. The van der Waals surface area contributed by atoms with Gasteiger partial charge in [0.15, 0.2) is 0 Å². The third-order valence-electron chi connectivity index (χ3n) is 4.55. The molecule has 158 valence electrons. The smallest absolute Gasteiger partial charge is 0.241 e. The topological polar surface area (TPSA) is 113 Å². The third-order valence-corrected chi connectivity index (χ3v) is 6.04. The van der Waals surface area contributed by atoms with Crippen molar-refractivity contribution in [3.8, 4) is 5.75 Å². The Kier molecular flexibility index (Phi) is 6.86. The molecule has 0 saturated carbocycles. The Balaban J connectivity index is 1.73. The zero-order valence-electron chi connectivity index (χ0n) is 16.8. The highest BCUT2D eigenvalue weighted by Crippen LogP contribution is 2.13. The fourth-order valence-corrected chi connectivity index (χ4v) is 4.03. The van der Waals surface area contributed by atoms with E-state index in [1.165, 1.54) is 18.5 Å². The van der Waals surface area contributed by atoms with E-state index in [1.54, 1.807) is 37.6 Å². The largest absolute Gasteiger partial charge is 0.497 e. The Bertz CT molecular complexity index is 1060. The molecule has 1 atom stereocenters. The lowest BCUT2D eigenvalue weighted by molar-refractivity contribution is -0.122. The van der Waals surface area contributed by atoms with Gasteiger partial charge in [-0.3, -0.25) is 4.79 Å². The zero-order chi connectivity index (χ0) is 21.6. The van der Waals surface area contributed by atoms with Crippen molar-refractivity contribution >= 4 is 15.9 Å². The van der Waals surface area contributed by atoms with E-state index in [-0.39, 0.29) is 17.9 Å². The number of imidazole rings is 1. The Hall–Kier alpha value is -3.17. The molecular formula is C21H24N4O4S. The summed E-state index contributed by atoms with van der Waals surface area (Å²) in [7, 11) is -2.30. The summed E-state index contributed by atoms with van der Waals surface area (Å²) in [4.78, 5) is 19.8. The number of aryl methyl sites for hydroxylation is 1. The highest BCUT2D eigenvalue weighted by molar-refractivity contribution is 7.89. The molecule has 1 unspecified atom stereocenters. The molecule has 3 rings (SSSR count). The molecule has 0 aliphatic heterocycles. The number of hydrogen-bond donors (Lipinski definition) is 3. The molecule has 3 aromatic rings. The molecule has 0 spiro atoms. The molecule has 1 amide bonds. The van der Waals surface area contributed by atoms with Crippen LogP contribution in [0.3, 0.4) is 0 Å². The average molecular weight is 429 g/mol. The fraction of sp³-hybridized carbons (Fsp3) is 0.238. The lowest BCUT2D eigenvalue weighted by Gasteiger charge is -2.18. The van der Waals surface area contributed by atoms with Crippen LogP contribution in [0.1, 0.15) is 16.8 Å². The first kappa shape index (κ1) is 21.5. The number of methoxy groups -OCH3 is 1. The normalized spacial score (nSPS) is 12.3. The molecule has 0 aliphatic rings. The number of H-pyrrole nitrogens is 1. The van der Waals surface area contributed by atoms with Crippen molar-refractivity contribution in [2.75, 3.05) is 7.11 Å². The molecule has 9 heteroatoms. The number of carbonyl (C=O) groups excluding carboxylic acids is 1. The van der Waals surface area contributed by atoms with Crippen molar-refractivity contribution in [1.82, 2.24) is 20.0 Å². The van der Waals surface area contributed by atoms with Crippen LogP contribution in [0.15, 0.2) is 66.0 Å². The van der Waals surface area contributed by atoms with Gasteiger partial charge in [0.1, 0.15) is 11.8 Å². The Labute approximate surface area is 175 Å². The minimum Gasteiger partial charge on any atom is -0.497 e. The highest BCUT2D eigenvalue weighted by Gasteiger charge is 2.26. The lowest BCUT2D eigenvalue weighted by atomic mass is 10.1. The maximum Gasteiger partial charge on any atom is 0.241 e. The van der Waals surface area contributed by atoms with E-state index in [2.05, 4.69) is 20.0 Å². The molecule has 1 heterocycles. The van der Waals surface area contributed by atoms with Gasteiger partial charge in [-0.2, -0.15) is 4.72 Å². The summed E-state index contributed by atoms with van der Waals surface area (Å²) in [5, 5.41) is 2.79. The van der Waals surface area contributed by atoms with E-state index in [9.17, 15) is 13.2 Å². The maximum absolute atomic E-state index is 12.8. The van der Waals surface area contributed by atoms with E-state index in [0.717, 1.165) is 11.1 Å². The first-order chi connectivity index (χ1) is 14.4. The molecule has 0 radical (unpaired) electrons. The molecule has 0 fully saturated rings. The van der Waals surface area contributed by atoms with Gasteiger partial charge in [0.05, 0.1) is 18.3 Å². The summed E-state index contributed by atoms with van der Waals surface area (Å²) in [6, 6.07) is 12.7. The van der Waals surface area contributed by atoms with Crippen molar-refractivity contribution < 1.29 is 17.9 Å². The van der Waals surface area contributed by atoms with E-state index < -0.39 is 22.0 Å². The van der Waals surface area contributed by atoms with Gasteiger partial charge >= 0.3 is 0 Å². The number of ether oxygens (including phenoxy) is 1. The molecule has 1 aromatic heterocycles. The fourth-order valence-electron chi connectivity index (χ4n) is 2.83. The van der Waals surface area contributed by atoms with Gasteiger partial charge in [-0.15, -0.1) is 0 Å². The maximum atomic E-state index is 12.8. The van der Waals surface area contributed by atoms with Crippen molar-refractivity contribution in [2.24, 2.45) is 0 Å². The highest BCUT2D eigenvalue weighted by atomic mass is 32.2. The van der Waals surface area contributed by atoms with Crippen molar-refractivity contribution in [3.05, 3.63) is 77.9 Å². The number of aromatic amines is 1. The number of benzene rings is 2. The zero-order valence-corrected chi connectivity index (χ0v) is 17.6. The number of nitrogens with one attached hydrogen (secondary N) is 3. The van der Waals surface area contributed by atoms with Crippen LogP contribution >= 0.6 is 0 Å². The van der Waals surface area contributed by atoms with Crippen LogP contribution in [-0.2, 0) is 27.8 Å². The lowest BCUT2D eigenvalue weighted by Crippen LogP contribution is -2.47. The Morgan fingerprint density at radius 1 is 1.13 bits per heavy atom. The number of hydrogen-bond acceptors (Lipinski definition) is 5. The van der Waals surface area contributed by atoms with Crippen molar-refractivity contribution in [1.29, 1.82) is 0 Å². The van der Waals surface area contributed by atoms with Crippen LogP contribution < -0.4 is 14.8 Å². The third kappa shape index (κ3) is 5.68. The van der Waals surface area contributed by atoms with Crippen molar-refractivity contribution in [2.45, 2.75) is 30.8 Å². The monoisotopic (exact) mass is 428 g/mol. The number of rotatable bonds is 9. The van der Waals surface area contributed by atoms with Crippen LogP contribution in [-0.4, -0.2) is 37.4 Å². The van der Waals surface area contributed by atoms with E-state index in [4.69, 9.17) is 4.74 Å². The van der Waals surface area contributed by atoms with E-state index >= 15 is 0 Å². The molecular weight excluding hydrogens is 404 g/mol.